The maximum atomic E-state index is 13.6. The molecule has 0 atom stereocenters. The number of carbonyl (C=O) groups is 5. The average molecular weight is 1280 g/mol. The molecule has 4 rings (SSSR count). The molecule has 0 heterocycles. The van der Waals surface area contributed by atoms with E-state index in [2.05, 4.69) is 44.4 Å². The highest BCUT2D eigenvalue weighted by Crippen LogP contribution is 2.38. The maximum absolute atomic E-state index is 13.6. The van der Waals surface area contributed by atoms with Gasteiger partial charge in [0, 0.05) is 35.9 Å². The molecule has 0 aliphatic carbocycles. The topological polar surface area (TPSA) is 242 Å². The van der Waals surface area contributed by atoms with Gasteiger partial charge in [-0.05, 0) is 178 Å². The van der Waals surface area contributed by atoms with Gasteiger partial charge in [0.15, 0.2) is 11.5 Å². The fraction of sp³-hybridized carbons (Fsp3) is 0.386. The molecule has 0 spiro atoms. The minimum Gasteiger partial charge on any atom is -0.489 e. The van der Waals surface area contributed by atoms with Crippen LogP contribution >= 0.6 is 0 Å². The van der Waals surface area contributed by atoms with Crippen molar-refractivity contribution in [1.82, 2.24) is 0 Å². The fourth-order valence-electron chi connectivity index (χ4n) is 8.59. The third kappa shape index (κ3) is 32.1. The third-order valence-corrected chi connectivity index (χ3v) is 13.0. The molecular weight excluding hydrogens is 1190 g/mol. The molecule has 22 heteroatoms. The highest BCUT2D eigenvalue weighted by atomic mass is 17.5. The molecule has 0 unspecified atom stereocenters. The van der Waals surface area contributed by atoms with Crippen molar-refractivity contribution in [3.05, 3.63) is 182 Å². The van der Waals surface area contributed by atoms with Crippen molar-refractivity contribution in [3.8, 4) is 23.0 Å². The molecule has 0 aliphatic heterocycles. The lowest BCUT2D eigenvalue weighted by Crippen LogP contribution is -2.09. The summed E-state index contributed by atoms with van der Waals surface area (Å²) in [6.07, 6.45) is 24.0. The van der Waals surface area contributed by atoms with Gasteiger partial charge in [-0.25, -0.2) is 53.3 Å². The summed E-state index contributed by atoms with van der Waals surface area (Å²) in [6, 6.07) is 18.0. The van der Waals surface area contributed by atoms with E-state index in [4.69, 9.17) is 77.7 Å². The maximum Gasteiger partial charge on any atom is 0.365 e. The monoisotopic (exact) mass is 1280 g/mol. The lowest BCUT2D eigenvalue weighted by molar-refractivity contribution is -0.509. The predicted octanol–water partition coefficient (Wildman–Crippen LogP) is 13.0. The second-order valence-electron chi connectivity index (χ2n) is 19.9. The zero-order valence-electron chi connectivity index (χ0n) is 52.4. The van der Waals surface area contributed by atoms with Crippen LogP contribution in [0.3, 0.4) is 0 Å². The predicted molar refractivity (Wildman–Crippen MR) is 341 cm³/mol. The molecule has 92 heavy (non-hydrogen) atoms. The van der Waals surface area contributed by atoms with Gasteiger partial charge in [-0.1, -0.05) is 84.4 Å². The molecule has 0 saturated heterocycles. The van der Waals surface area contributed by atoms with Gasteiger partial charge in [0.05, 0.1) is 52.9 Å². The van der Waals surface area contributed by atoms with Crippen LogP contribution in [0.15, 0.2) is 149 Å². The molecule has 22 nitrogen and oxygen atoms in total. The van der Waals surface area contributed by atoms with E-state index in [0.29, 0.717) is 143 Å². The van der Waals surface area contributed by atoms with Crippen molar-refractivity contribution in [1.29, 1.82) is 0 Å². The number of ether oxygens (including phenoxy) is 5. The van der Waals surface area contributed by atoms with Crippen LogP contribution in [0.4, 0.5) is 0 Å². The molecule has 0 N–H and O–H groups in total. The molecule has 0 bridgehead atoms. The van der Waals surface area contributed by atoms with Crippen LogP contribution in [0, 0.1) is 0 Å². The quantitative estimate of drug-likeness (QED) is 0.00758. The summed E-state index contributed by atoms with van der Waals surface area (Å²) in [7, 11) is 0. The van der Waals surface area contributed by atoms with E-state index < -0.39 is 29.8 Å². The van der Waals surface area contributed by atoms with E-state index in [1.54, 1.807) is 54.6 Å². The number of esters is 3. The van der Waals surface area contributed by atoms with Crippen LogP contribution in [-0.4, -0.2) is 103 Å². The van der Waals surface area contributed by atoms with E-state index in [9.17, 15) is 24.0 Å². The largest absolute Gasteiger partial charge is 0.489 e. The van der Waals surface area contributed by atoms with Gasteiger partial charge in [0.1, 0.15) is 31.3 Å². The van der Waals surface area contributed by atoms with Crippen molar-refractivity contribution in [2.24, 2.45) is 0 Å². The van der Waals surface area contributed by atoms with Gasteiger partial charge >= 0.3 is 29.8 Å². The number of unbranched alkanes of at least 4 members (excludes halogenated alkanes) is 6. The van der Waals surface area contributed by atoms with Gasteiger partial charge in [-0.2, -0.15) is 9.78 Å². The van der Waals surface area contributed by atoms with Gasteiger partial charge in [-0.15, -0.1) is 19.7 Å². The number of rotatable bonds is 54. The van der Waals surface area contributed by atoms with E-state index in [1.807, 2.05) is 24.3 Å². The molecule has 0 fully saturated rings. The first-order chi connectivity index (χ1) is 45.0. The summed E-state index contributed by atoms with van der Waals surface area (Å²) in [5.41, 5.74) is 5.45. The summed E-state index contributed by atoms with van der Waals surface area (Å²) in [5, 5.41) is 10.9. The minimum absolute atomic E-state index is 0.167. The first-order valence-electron chi connectivity index (χ1n) is 30.5. The van der Waals surface area contributed by atoms with Crippen LogP contribution in [-0.2, 0) is 113 Å². The van der Waals surface area contributed by atoms with Crippen molar-refractivity contribution < 1.29 is 107 Å². The Labute approximate surface area is 537 Å². The smallest absolute Gasteiger partial charge is 0.365 e. The highest BCUT2D eigenvalue weighted by Gasteiger charge is 2.18. The second kappa shape index (κ2) is 48.4. The highest BCUT2D eigenvalue weighted by molar-refractivity contribution is 5.92. The van der Waals surface area contributed by atoms with Gasteiger partial charge in [0.25, 0.3) is 0 Å². The van der Waals surface area contributed by atoms with Crippen molar-refractivity contribution in [3.63, 3.8) is 0 Å². The van der Waals surface area contributed by atoms with Gasteiger partial charge in [-0.3, -0.25) is 9.78 Å². The summed E-state index contributed by atoms with van der Waals surface area (Å²) in [5.74, 6) is -1.65. The fourth-order valence-corrected chi connectivity index (χ4v) is 8.59. The average Bonchev–Trinajstić information content (AvgIpc) is 0.951. The summed E-state index contributed by atoms with van der Waals surface area (Å²) < 4.78 is 29.6. The number of carbonyl (C=O) groups excluding carboxylic acids is 5. The standard InChI is InChI=1S/C70H86O22/c1-7-41-79-80-47-24-23-46-77-69-56(26-14-18-50-85-91-83-42-8-2)31-32-57(70(69)78-45-22-21-44-76-64(71)10-4)36-40-68(75)88-61-38-34-58-52-60(37-33-59(58)53-61)87-67(74)39-35-55-30-29-54(25-13-17-48-81-89-65(72)11-5)62(27-15-19-49-82-90-66(73)12-6)63(55)28-16-20-51-86-92-84-43-9-3/h7-12,29-40,52-53H,1-6,13-28,41-51H2/b39-35+,40-36+. The molecule has 0 saturated carbocycles. The zero-order valence-corrected chi connectivity index (χ0v) is 52.4. The van der Waals surface area contributed by atoms with Crippen LogP contribution in [0.25, 0.3) is 22.9 Å². The Balaban J connectivity index is 1.52. The Bertz CT molecular complexity index is 3000. The zero-order chi connectivity index (χ0) is 66.1. The Hall–Kier alpha value is -8.39. The van der Waals surface area contributed by atoms with Crippen LogP contribution in [0.1, 0.15) is 110 Å². The first-order valence-corrected chi connectivity index (χ1v) is 30.5. The van der Waals surface area contributed by atoms with E-state index in [-0.39, 0.29) is 65.2 Å². The SMILES string of the molecule is C=CCOOCCCCOc1c(CCCCOOOCC=C)ccc(/C=C/C(=O)Oc2ccc3cc(OC(=O)/C=C/c4ccc(CCCCOOC(=O)C=C)c(CCCCOOC(=O)C=C)c4CCCCOOOCC=C)ccc3c2)c1OCCCCOC(=O)C=C. The lowest BCUT2D eigenvalue weighted by atomic mass is 9.87. The molecule has 0 radical (unpaired) electrons. The van der Waals surface area contributed by atoms with E-state index in [0.717, 1.165) is 52.5 Å². The molecule has 0 amide bonds. The summed E-state index contributed by atoms with van der Waals surface area (Å²) in [4.78, 5) is 111. The first kappa shape index (κ1) is 76.1. The van der Waals surface area contributed by atoms with Crippen LogP contribution in [0.5, 0.6) is 23.0 Å². The second-order valence-corrected chi connectivity index (χ2v) is 19.9. The summed E-state index contributed by atoms with van der Waals surface area (Å²) in [6.45, 7) is 23.6. The number of aryl methyl sites for hydroxylation is 2. The lowest BCUT2D eigenvalue weighted by Gasteiger charge is -2.19. The Morgan fingerprint density at radius 1 is 0.359 bits per heavy atom. The molecule has 4 aromatic carbocycles. The van der Waals surface area contributed by atoms with Crippen molar-refractivity contribution >= 4 is 52.8 Å². The molecule has 498 valence electrons. The molecular formula is C70H86O22. The van der Waals surface area contributed by atoms with E-state index in [1.165, 1.54) is 24.3 Å². The normalized spacial score (nSPS) is 11.1. The van der Waals surface area contributed by atoms with Crippen molar-refractivity contribution in [2.45, 2.75) is 103 Å². The number of benzene rings is 4. The van der Waals surface area contributed by atoms with Gasteiger partial charge in [0.2, 0.25) is 0 Å². The molecule has 4 aromatic rings. The number of fused-ring (bicyclic) bond motifs is 1. The number of hydrogen-bond acceptors (Lipinski definition) is 22. The summed E-state index contributed by atoms with van der Waals surface area (Å²) >= 11 is 0. The Morgan fingerprint density at radius 2 is 0.793 bits per heavy atom. The Morgan fingerprint density at radius 3 is 1.35 bits per heavy atom. The molecule has 0 aliphatic rings. The van der Waals surface area contributed by atoms with Crippen molar-refractivity contribution in [2.75, 3.05) is 72.7 Å². The van der Waals surface area contributed by atoms with Crippen LogP contribution in [0.2, 0.25) is 0 Å². The third-order valence-electron chi connectivity index (χ3n) is 13.0. The van der Waals surface area contributed by atoms with Gasteiger partial charge < -0.3 is 23.7 Å². The Kier molecular flexibility index (Phi) is 40.0. The van der Waals surface area contributed by atoms with E-state index >= 15 is 0 Å². The number of hydrogen-bond donors (Lipinski definition) is 0. The minimum atomic E-state index is -0.686. The van der Waals surface area contributed by atoms with Crippen LogP contribution < -0.4 is 18.9 Å². The molecule has 0 aromatic heterocycles.